The molecule has 2 heterocycles. The van der Waals surface area contributed by atoms with Crippen molar-refractivity contribution >= 4 is 21.9 Å². The molecule has 0 aliphatic carbocycles. The van der Waals surface area contributed by atoms with Gasteiger partial charge < -0.3 is 9.67 Å². The lowest BCUT2D eigenvalue weighted by atomic mass is 10.1. The van der Waals surface area contributed by atoms with Crippen molar-refractivity contribution in [3.8, 4) is 0 Å². The number of hydrogen-bond donors (Lipinski definition) is 1. The summed E-state index contributed by atoms with van der Waals surface area (Å²) in [5.74, 6) is -1.14. The number of pyridine rings is 1. The molecule has 1 aromatic rings. The monoisotopic (exact) mass is 257 g/mol. The zero-order chi connectivity index (χ0) is 10.3. The number of hydrogen-bond acceptors (Lipinski definition) is 2. The Morgan fingerprint density at radius 2 is 2.29 bits per heavy atom. The van der Waals surface area contributed by atoms with Crippen molar-refractivity contribution in [2.24, 2.45) is 0 Å². The quantitative estimate of drug-likeness (QED) is 0.824. The van der Waals surface area contributed by atoms with Crippen molar-refractivity contribution in [1.29, 1.82) is 0 Å². The number of aromatic nitrogens is 1. The van der Waals surface area contributed by atoms with Crippen molar-refractivity contribution in [3.05, 3.63) is 32.2 Å². The van der Waals surface area contributed by atoms with Gasteiger partial charge in [-0.2, -0.15) is 0 Å². The summed E-state index contributed by atoms with van der Waals surface area (Å²) in [7, 11) is 0. The summed E-state index contributed by atoms with van der Waals surface area (Å²) in [4.78, 5) is 22.4. The van der Waals surface area contributed by atoms with E-state index >= 15 is 0 Å². The van der Waals surface area contributed by atoms with Crippen molar-refractivity contribution < 1.29 is 9.90 Å². The Kier molecular flexibility index (Phi) is 2.19. The fourth-order valence-corrected chi connectivity index (χ4v) is 2.22. The summed E-state index contributed by atoms with van der Waals surface area (Å²) in [6.45, 7) is 0.786. The van der Waals surface area contributed by atoms with Crippen molar-refractivity contribution in [1.82, 2.24) is 4.57 Å². The van der Waals surface area contributed by atoms with Gasteiger partial charge in [0.1, 0.15) is 5.56 Å². The van der Waals surface area contributed by atoms with Gasteiger partial charge in [0.15, 0.2) is 0 Å². The SMILES string of the molecule is O=C(O)c1c2n(cc(Br)c1=O)CCC2. The summed E-state index contributed by atoms with van der Waals surface area (Å²) in [6.07, 6.45) is 3.23. The van der Waals surface area contributed by atoms with Crippen LogP contribution >= 0.6 is 15.9 Å². The van der Waals surface area contributed by atoms with E-state index in [-0.39, 0.29) is 5.56 Å². The number of halogens is 1. The zero-order valence-electron chi connectivity index (χ0n) is 7.29. The van der Waals surface area contributed by atoms with E-state index in [1.165, 1.54) is 0 Å². The minimum Gasteiger partial charge on any atom is -0.477 e. The second kappa shape index (κ2) is 3.24. The van der Waals surface area contributed by atoms with Crippen LogP contribution in [0.1, 0.15) is 22.5 Å². The van der Waals surface area contributed by atoms with Gasteiger partial charge in [0.2, 0.25) is 5.43 Å². The Labute approximate surface area is 88.3 Å². The highest BCUT2D eigenvalue weighted by atomic mass is 79.9. The van der Waals surface area contributed by atoms with Gasteiger partial charge in [0, 0.05) is 18.4 Å². The van der Waals surface area contributed by atoms with E-state index in [9.17, 15) is 9.59 Å². The molecular weight excluding hydrogens is 250 g/mol. The van der Waals surface area contributed by atoms with Gasteiger partial charge >= 0.3 is 5.97 Å². The highest BCUT2D eigenvalue weighted by Crippen LogP contribution is 2.19. The van der Waals surface area contributed by atoms with Crippen LogP contribution in [0.4, 0.5) is 0 Å². The molecule has 1 aliphatic heterocycles. The number of aryl methyl sites for hydroxylation is 1. The van der Waals surface area contributed by atoms with Crippen LogP contribution in [0, 0.1) is 0 Å². The lowest BCUT2D eigenvalue weighted by molar-refractivity contribution is 0.0693. The number of aromatic carboxylic acids is 1. The molecule has 74 valence electrons. The normalized spacial score (nSPS) is 14.1. The Morgan fingerprint density at radius 3 is 2.93 bits per heavy atom. The highest BCUT2D eigenvalue weighted by molar-refractivity contribution is 9.10. The smallest absolute Gasteiger partial charge is 0.341 e. The van der Waals surface area contributed by atoms with Crippen molar-refractivity contribution in [2.75, 3.05) is 0 Å². The van der Waals surface area contributed by atoms with Gasteiger partial charge in [-0.1, -0.05) is 0 Å². The Bertz CT molecular complexity index is 464. The molecule has 0 bridgehead atoms. The lowest BCUT2D eigenvalue weighted by Gasteiger charge is -2.06. The third-order valence-corrected chi connectivity index (χ3v) is 2.94. The predicted molar refractivity (Wildman–Crippen MR) is 53.7 cm³/mol. The maximum Gasteiger partial charge on any atom is 0.341 e. The molecule has 2 rings (SSSR count). The molecule has 0 atom stereocenters. The molecule has 0 saturated carbocycles. The summed E-state index contributed by atoms with van der Waals surface area (Å²) in [5.41, 5.74) is 0.133. The van der Waals surface area contributed by atoms with Gasteiger partial charge in [-0.15, -0.1) is 0 Å². The minimum atomic E-state index is -1.14. The first-order valence-corrected chi connectivity index (χ1v) is 5.05. The first-order valence-electron chi connectivity index (χ1n) is 4.26. The Morgan fingerprint density at radius 1 is 1.57 bits per heavy atom. The van der Waals surface area contributed by atoms with E-state index in [4.69, 9.17) is 5.11 Å². The summed E-state index contributed by atoms with van der Waals surface area (Å²) in [5, 5.41) is 8.92. The molecular formula is C9H8BrNO3. The first kappa shape index (κ1) is 9.45. The van der Waals surface area contributed by atoms with E-state index in [1.54, 1.807) is 6.20 Å². The highest BCUT2D eigenvalue weighted by Gasteiger charge is 2.22. The molecule has 0 radical (unpaired) electrons. The summed E-state index contributed by atoms with van der Waals surface area (Å²) >= 11 is 3.07. The molecule has 14 heavy (non-hydrogen) atoms. The number of carboxylic acids is 1. The number of rotatable bonds is 1. The largest absolute Gasteiger partial charge is 0.477 e. The molecule has 5 heteroatoms. The predicted octanol–water partition coefficient (Wildman–Crippen LogP) is 1.26. The van der Waals surface area contributed by atoms with Crippen LogP contribution in [-0.2, 0) is 13.0 Å². The fourth-order valence-electron chi connectivity index (χ4n) is 1.77. The van der Waals surface area contributed by atoms with Crippen LogP contribution in [0.3, 0.4) is 0 Å². The van der Waals surface area contributed by atoms with E-state index in [0.29, 0.717) is 16.6 Å². The molecule has 0 aromatic carbocycles. The molecule has 0 amide bonds. The van der Waals surface area contributed by atoms with Crippen LogP contribution < -0.4 is 5.43 Å². The third-order valence-electron chi connectivity index (χ3n) is 2.37. The summed E-state index contributed by atoms with van der Waals surface area (Å²) in [6, 6.07) is 0. The topological polar surface area (TPSA) is 59.3 Å². The number of carboxylic acid groups (broad SMARTS) is 1. The first-order chi connectivity index (χ1) is 6.61. The zero-order valence-corrected chi connectivity index (χ0v) is 8.87. The lowest BCUT2D eigenvalue weighted by Crippen LogP contribution is -2.21. The van der Waals surface area contributed by atoms with E-state index in [0.717, 1.165) is 13.0 Å². The maximum atomic E-state index is 11.5. The molecule has 0 fully saturated rings. The van der Waals surface area contributed by atoms with Crippen molar-refractivity contribution in [3.63, 3.8) is 0 Å². The van der Waals surface area contributed by atoms with Crippen LogP contribution in [0.5, 0.6) is 0 Å². The second-order valence-corrected chi connectivity index (χ2v) is 4.08. The van der Waals surface area contributed by atoms with E-state index in [2.05, 4.69) is 15.9 Å². The standard InChI is InChI=1S/C9H8BrNO3/c10-5-4-11-3-1-2-6(11)7(8(5)12)9(13)14/h4H,1-3H2,(H,13,14). The molecule has 1 N–H and O–H groups in total. The second-order valence-electron chi connectivity index (χ2n) is 3.23. The molecule has 1 aliphatic rings. The van der Waals surface area contributed by atoms with Crippen LogP contribution in [0.15, 0.2) is 15.5 Å². The number of fused-ring (bicyclic) bond motifs is 1. The molecule has 0 spiro atoms. The third kappa shape index (κ3) is 1.28. The van der Waals surface area contributed by atoms with Crippen LogP contribution in [0.25, 0.3) is 0 Å². The summed E-state index contributed by atoms with van der Waals surface area (Å²) < 4.78 is 2.15. The average Bonchev–Trinajstić information content (AvgIpc) is 2.52. The van der Waals surface area contributed by atoms with Gasteiger partial charge in [-0.25, -0.2) is 4.79 Å². The molecule has 0 saturated heterocycles. The molecule has 4 nitrogen and oxygen atoms in total. The maximum absolute atomic E-state index is 11.5. The molecule has 1 aromatic heterocycles. The van der Waals surface area contributed by atoms with Gasteiger partial charge in [0.25, 0.3) is 0 Å². The fraction of sp³-hybridized carbons (Fsp3) is 0.333. The van der Waals surface area contributed by atoms with Gasteiger partial charge in [-0.05, 0) is 28.8 Å². The number of nitrogens with zero attached hydrogens (tertiary/aromatic N) is 1. The Balaban J connectivity index is 2.79. The molecule has 0 unspecified atom stereocenters. The van der Waals surface area contributed by atoms with Crippen LogP contribution in [-0.4, -0.2) is 15.6 Å². The minimum absolute atomic E-state index is 0.0862. The van der Waals surface area contributed by atoms with Gasteiger partial charge in [0.05, 0.1) is 4.47 Å². The van der Waals surface area contributed by atoms with Crippen molar-refractivity contribution in [2.45, 2.75) is 19.4 Å². The van der Waals surface area contributed by atoms with E-state index in [1.807, 2.05) is 4.57 Å². The number of carbonyl (C=O) groups is 1. The average molecular weight is 258 g/mol. The van der Waals surface area contributed by atoms with E-state index < -0.39 is 11.4 Å². The Hall–Kier alpha value is -1.10. The van der Waals surface area contributed by atoms with Gasteiger partial charge in [-0.3, -0.25) is 4.79 Å². The van der Waals surface area contributed by atoms with Crippen LogP contribution in [0.2, 0.25) is 0 Å².